The van der Waals surface area contributed by atoms with Crippen molar-refractivity contribution >= 4 is 15.9 Å². The zero-order chi connectivity index (χ0) is 10.5. The maximum Gasteiger partial charge on any atom is 0.403 e. The third-order valence-corrected chi connectivity index (χ3v) is 2.07. The van der Waals surface area contributed by atoms with E-state index in [-0.39, 0.29) is 12.7 Å². The van der Waals surface area contributed by atoms with Gasteiger partial charge < -0.3 is 9.47 Å². The van der Waals surface area contributed by atoms with Crippen LogP contribution in [0.3, 0.4) is 0 Å². The molecule has 0 aromatic rings. The van der Waals surface area contributed by atoms with E-state index in [1.807, 2.05) is 0 Å². The molecule has 0 saturated carbocycles. The Morgan fingerprint density at radius 3 is 2.23 bits per heavy atom. The van der Waals surface area contributed by atoms with Gasteiger partial charge in [-0.25, -0.2) is 0 Å². The molecule has 0 spiro atoms. The quantitative estimate of drug-likeness (QED) is 0.710. The van der Waals surface area contributed by atoms with Crippen molar-refractivity contribution in [2.45, 2.75) is 24.0 Å². The first kappa shape index (κ1) is 13.2. The molecule has 0 aromatic carbocycles. The van der Waals surface area contributed by atoms with E-state index in [9.17, 15) is 13.2 Å². The lowest BCUT2D eigenvalue weighted by molar-refractivity contribution is -0.142. The maximum atomic E-state index is 11.9. The molecule has 0 aromatic heterocycles. The molecule has 0 radical (unpaired) electrons. The predicted octanol–water partition coefficient (Wildman–Crippen LogP) is 2.36. The number of ether oxygens (including phenoxy) is 2. The van der Waals surface area contributed by atoms with E-state index in [4.69, 9.17) is 9.47 Å². The van der Waals surface area contributed by atoms with E-state index in [0.29, 0.717) is 0 Å². The molecule has 0 rings (SSSR count). The average Bonchev–Trinajstić information content (AvgIpc) is 1.99. The second-order valence-electron chi connectivity index (χ2n) is 2.61. The highest BCUT2D eigenvalue weighted by molar-refractivity contribution is 9.09. The summed E-state index contributed by atoms with van der Waals surface area (Å²) in [5, 5.41) is 0. The van der Waals surface area contributed by atoms with Crippen LogP contribution < -0.4 is 0 Å². The maximum absolute atomic E-state index is 11.9. The number of methoxy groups -OCH3 is 1. The Morgan fingerprint density at radius 2 is 1.85 bits per heavy atom. The Kier molecular flexibility index (Phi) is 5.91. The van der Waals surface area contributed by atoms with Crippen LogP contribution in [0.2, 0.25) is 0 Å². The summed E-state index contributed by atoms with van der Waals surface area (Å²) in [6, 6.07) is 0. The van der Waals surface area contributed by atoms with Gasteiger partial charge in [0.05, 0.1) is 19.3 Å². The lowest BCUT2D eigenvalue weighted by Gasteiger charge is -2.17. The fourth-order valence-corrected chi connectivity index (χ4v) is 0.779. The summed E-state index contributed by atoms with van der Waals surface area (Å²) in [7, 11) is 1.47. The molecule has 0 bridgehead atoms. The summed E-state index contributed by atoms with van der Waals surface area (Å²) in [6.07, 6.45) is -4.58. The summed E-state index contributed by atoms with van der Waals surface area (Å²) in [6.45, 7) is 1.55. The van der Waals surface area contributed by atoms with Crippen LogP contribution in [-0.2, 0) is 9.47 Å². The molecule has 0 aliphatic rings. The highest BCUT2D eigenvalue weighted by atomic mass is 79.9. The van der Waals surface area contributed by atoms with Crippen LogP contribution in [-0.4, -0.2) is 37.4 Å². The zero-order valence-corrected chi connectivity index (χ0v) is 8.98. The monoisotopic (exact) mass is 264 g/mol. The van der Waals surface area contributed by atoms with Crippen LogP contribution >= 0.6 is 15.9 Å². The minimum Gasteiger partial charge on any atom is -0.382 e. The Bertz CT molecular complexity index is 140. The topological polar surface area (TPSA) is 18.5 Å². The van der Waals surface area contributed by atoms with Gasteiger partial charge in [-0.3, -0.25) is 0 Å². The first-order valence-corrected chi connectivity index (χ1v) is 4.60. The van der Waals surface area contributed by atoms with Gasteiger partial charge in [-0.05, 0) is 6.92 Å². The summed E-state index contributed by atoms with van der Waals surface area (Å²) in [5.41, 5.74) is 0. The number of hydrogen-bond acceptors (Lipinski definition) is 2. The van der Waals surface area contributed by atoms with E-state index >= 15 is 0 Å². The number of rotatable bonds is 5. The molecule has 0 N–H and O–H groups in total. The molecule has 2 unspecified atom stereocenters. The van der Waals surface area contributed by atoms with Gasteiger partial charge in [0.2, 0.25) is 0 Å². The molecule has 2 atom stereocenters. The largest absolute Gasteiger partial charge is 0.403 e. The minimum atomic E-state index is -4.26. The molecule has 0 amide bonds. The lowest BCUT2D eigenvalue weighted by Crippen LogP contribution is -2.30. The first-order valence-electron chi connectivity index (χ1n) is 3.69. The normalized spacial score (nSPS) is 17.1. The third kappa shape index (κ3) is 6.29. The second-order valence-corrected chi connectivity index (χ2v) is 3.71. The highest BCUT2D eigenvalue weighted by Crippen LogP contribution is 2.26. The van der Waals surface area contributed by atoms with Gasteiger partial charge >= 0.3 is 6.18 Å². The lowest BCUT2D eigenvalue weighted by atomic mass is 10.4. The standard InChI is InChI=1S/C7H12BrF3O2/c1-5(3-12-2)13-4-6(8)7(9,10)11/h5-6H,3-4H2,1-2H3. The predicted molar refractivity (Wildman–Crippen MR) is 46.1 cm³/mol. The van der Waals surface area contributed by atoms with Crippen molar-refractivity contribution in [2.75, 3.05) is 20.3 Å². The van der Waals surface area contributed by atoms with Gasteiger partial charge in [-0.15, -0.1) is 0 Å². The van der Waals surface area contributed by atoms with Gasteiger partial charge in [-0.2, -0.15) is 13.2 Å². The first-order chi connectivity index (χ1) is 5.88. The molecule has 80 valence electrons. The van der Waals surface area contributed by atoms with Gasteiger partial charge in [0.25, 0.3) is 0 Å². The Labute approximate surface area is 83.5 Å². The van der Waals surface area contributed by atoms with E-state index in [1.54, 1.807) is 6.92 Å². The molecular weight excluding hydrogens is 253 g/mol. The third-order valence-electron chi connectivity index (χ3n) is 1.28. The SMILES string of the molecule is COCC(C)OCC(Br)C(F)(F)F. The van der Waals surface area contributed by atoms with Crippen molar-refractivity contribution in [3.8, 4) is 0 Å². The second kappa shape index (κ2) is 5.82. The Balaban J connectivity index is 3.63. The van der Waals surface area contributed by atoms with Crippen LogP contribution in [0.1, 0.15) is 6.92 Å². The number of halogens is 4. The van der Waals surface area contributed by atoms with Crippen LogP contribution in [0.25, 0.3) is 0 Å². The fraction of sp³-hybridized carbons (Fsp3) is 1.00. The van der Waals surface area contributed by atoms with Gasteiger partial charge in [0.15, 0.2) is 0 Å². The summed E-state index contributed by atoms with van der Waals surface area (Å²) < 4.78 is 45.4. The highest BCUT2D eigenvalue weighted by Gasteiger charge is 2.37. The van der Waals surface area contributed by atoms with Gasteiger partial charge in [-0.1, -0.05) is 15.9 Å². The molecule has 6 heteroatoms. The summed E-state index contributed by atoms with van der Waals surface area (Å²) >= 11 is 2.49. The van der Waals surface area contributed by atoms with Gasteiger partial charge in [0.1, 0.15) is 4.83 Å². The smallest absolute Gasteiger partial charge is 0.382 e. The molecule has 0 aliphatic carbocycles. The summed E-state index contributed by atoms with van der Waals surface area (Å²) in [4.78, 5) is -1.61. The average molecular weight is 265 g/mol. The number of alkyl halides is 4. The van der Waals surface area contributed by atoms with Crippen molar-refractivity contribution < 1.29 is 22.6 Å². The number of hydrogen-bond donors (Lipinski definition) is 0. The Hall–Kier alpha value is 0.190. The van der Waals surface area contributed by atoms with Crippen molar-refractivity contribution in [3.63, 3.8) is 0 Å². The van der Waals surface area contributed by atoms with Crippen LogP contribution in [0.4, 0.5) is 13.2 Å². The molecule has 13 heavy (non-hydrogen) atoms. The van der Waals surface area contributed by atoms with E-state index in [0.717, 1.165) is 0 Å². The van der Waals surface area contributed by atoms with E-state index in [2.05, 4.69) is 15.9 Å². The molecule has 2 nitrogen and oxygen atoms in total. The van der Waals surface area contributed by atoms with E-state index in [1.165, 1.54) is 7.11 Å². The van der Waals surface area contributed by atoms with Crippen molar-refractivity contribution in [1.29, 1.82) is 0 Å². The molecule has 0 fully saturated rings. The van der Waals surface area contributed by atoms with Crippen LogP contribution in [0, 0.1) is 0 Å². The Morgan fingerprint density at radius 1 is 1.31 bits per heavy atom. The van der Waals surface area contributed by atoms with Crippen molar-refractivity contribution in [2.24, 2.45) is 0 Å². The molecule has 0 saturated heterocycles. The molecular formula is C7H12BrF3O2. The van der Waals surface area contributed by atoms with Gasteiger partial charge in [0, 0.05) is 7.11 Å². The molecule has 0 aliphatic heterocycles. The van der Waals surface area contributed by atoms with Crippen molar-refractivity contribution in [3.05, 3.63) is 0 Å². The fourth-order valence-electron chi connectivity index (χ4n) is 0.626. The summed E-state index contributed by atoms with van der Waals surface area (Å²) in [5.74, 6) is 0. The van der Waals surface area contributed by atoms with Crippen LogP contribution in [0.15, 0.2) is 0 Å². The van der Waals surface area contributed by atoms with Crippen molar-refractivity contribution in [1.82, 2.24) is 0 Å². The molecule has 0 heterocycles. The van der Waals surface area contributed by atoms with Crippen LogP contribution in [0.5, 0.6) is 0 Å². The minimum absolute atomic E-state index is 0.289. The zero-order valence-electron chi connectivity index (χ0n) is 7.40. The van der Waals surface area contributed by atoms with E-state index < -0.39 is 17.6 Å².